The Kier molecular flexibility index (Phi) is 6.21. The Morgan fingerprint density at radius 1 is 0.789 bits per heavy atom. The van der Waals surface area contributed by atoms with Crippen LogP contribution in [0.15, 0.2) is 110 Å². The molecule has 3 heterocycles. The zero-order valence-electron chi connectivity index (χ0n) is 20.2. The fourth-order valence-electron chi connectivity index (χ4n) is 4.52. The monoisotopic (exact) mass is 518 g/mol. The summed E-state index contributed by atoms with van der Waals surface area (Å²) in [5.41, 5.74) is 19.1. The number of pyridine rings is 1. The summed E-state index contributed by atoms with van der Waals surface area (Å²) in [6.07, 6.45) is 5.02. The lowest BCUT2D eigenvalue weighted by atomic mass is 9.90. The van der Waals surface area contributed by atoms with E-state index in [2.05, 4.69) is 38.2 Å². The molecule has 3 aromatic carbocycles. The predicted molar refractivity (Wildman–Crippen MR) is 151 cm³/mol. The molecule has 186 valence electrons. The number of anilines is 2. The van der Waals surface area contributed by atoms with Gasteiger partial charge < -0.3 is 21.1 Å². The molecule has 1 atom stereocenters. The number of rotatable bonds is 5. The summed E-state index contributed by atoms with van der Waals surface area (Å²) >= 11 is 6.14. The number of nitrogens with zero attached hydrogens (tertiary/aromatic N) is 4. The highest BCUT2D eigenvalue weighted by Crippen LogP contribution is 2.39. The highest BCUT2D eigenvalue weighted by atomic mass is 35.5. The molecular formula is C30H23ClN6O. The molecule has 5 aromatic rings. The van der Waals surface area contributed by atoms with Crippen molar-refractivity contribution in [2.75, 3.05) is 10.6 Å². The zero-order chi connectivity index (χ0) is 26.1. The van der Waals surface area contributed by atoms with Crippen molar-refractivity contribution in [3.63, 3.8) is 0 Å². The maximum absolute atomic E-state index is 6.74. The van der Waals surface area contributed by atoms with Gasteiger partial charge in [0.1, 0.15) is 11.9 Å². The van der Waals surface area contributed by atoms with E-state index in [0.29, 0.717) is 22.3 Å². The van der Waals surface area contributed by atoms with Crippen molar-refractivity contribution in [3.05, 3.63) is 131 Å². The third-order valence-electron chi connectivity index (χ3n) is 6.36. The molecule has 0 saturated heterocycles. The van der Waals surface area contributed by atoms with E-state index < -0.39 is 0 Å². The van der Waals surface area contributed by atoms with Crippen LogP contribution in [0.4, 0.5) is 11.6 Å². The SMILES string of the molecule is Nc1nccc(-c2cccnc2Oc2ccc(N3C=C(c4ccc(Cl)cc4)c4ccccc4C3N)cc2)n1. The highest BCUT2D eigenvalue weighted by Gasteiger charge is 2.26. The predicted octanol–water partition coefficient (Wildman–Crippen LogP) is 6.43. The van der Waals surface area contributed by atoms with Crippen LogP contribution in [0.1, 0.15) is 22.9 Å². The molecule has 0 aliphatic carbocycles. The molecule has 0 bridgehead atoms. The topological polar surface area (TPSA) is 103 Å². The minimum atomic E-state index is -0.348. The van der Waals surface area contributed by atoms with Gasteiger partial charge in [0.15, 0.2) is 0 Å². The second-order valence-corrected chi connectivity index (χ2v) is 9.18. The second-order valence-electron chi connectivity index (χ2n) is 8.74. The van der Waals surface area contributed by atoms with Gasteiger partial charge in [-0.15, -0.1) is 0 Å². The van der Waals surface area contributed by atoms with Crippen LogP contribution in [0.25, 0.3) is 16.8 Å². The summed E-state index contributed by atoms with van der Waals surface area (Å²) in [6.45, 7) is 0. The molecular weight excluding hydrogens is 496 g/mol. The maximum atomic E-state index is 6.74. The van der Waals surface area contributed by atoms with E-state index in [1.54, 1.807) is 18.5 Å². The third-order valence-corrected chi connectivity index (χ3v) is 6.62. The van der Waals surface area contributed by atoms with E-state index in [9.17, 15) is 0 Å². The van der Waals surface area contributed by atoms with Crippen molar-refractivity contribution >= 4 is 28.8 Å². The van der Waals surface area contributed by atoms with E-state index in [1.165, 1.54) is 0 Å². The van der Waals surface area contributed by atoms with Crippen LogP contribution in [0.5, 0.6) is 11.6 Å². The lowest BCUT2D eigenvalue weighted by molar-refractivity contribution is 0.464. The molecule has 2 aromatic heterocycles. The Balaban J connectivity index is 1.32. The van der Waals surface area contributed by atoms with Crippen LogP contribution in [-0.4, -0.2) is 15.0 Å². The van der Waals surface area contributed by atoms with E-state index in [1.807, 2.05) is 72.8 Å². The Morgan fingerprint density at radius 2 is 1.55 bits per heavy atom. The number of nitrogen functional groups attached to an aromatic ring is 1. The molecule has 0 fully saturated rings. The van der Waals surface area contributed by atoms with Crippen LogP contribution < -0.4 is 21.1 Å². The Morgan fingerprint density at radius 3 is 2.34 bits per heavy atom. The first-order valence-corrected chi connectivity index (χ1v) is 12.4. The summed E-state index contributed by atoms with van der Waals surface area (Å²) in [7, 11) is 0. The van der Waals surface area contributed by atoms with Gasteiger partial charge in [-0.3, -0.25) is 0 Å². The summed E-state index contributed by atoms with van der Waals surface area (Å²) in [6, 6.07) is 29.2. The molecule has 6 rings (SSSR count). The Hall–Kier alpha value is -4.72. The summed E-state index contributed by atoms with van der Waals surface area (Å²) in [5.74, 6) is 1.24. The van der Waals surface area contributed by atoms with Crippen molar-refractivity contribution in [2.24, 2.45) is 5.73 Å². The fraction of sp³-hybridized carbons (Fsp3) is 0.0333. The molecule has 1 unspecified atom stereocenters. The summed E-state index contributed by atoms with van der Waals surface area (Å²) in [5, 5.41) is 0.696. The summed E-state index contributed by atoms with van der Waals surface area (Å²) < 4.78 is 6.14. The maximum Gasteiger partial charge on any atom is 0.228 e. The van der Waals surface area contributed by atoms with Crippen molar-refractivity contribution in [3.8, 4) is 22.9 Å². The standard InChI is InChI=1S/C30H23ClN6O/c31-20-9-7-19(8-10-20)26-18-37(28(32)24-5-2-1-4-23(24)26)21-11-13-22(14-12-21)38-29-25(6-3-16-34-29)27-15-17-35-30(33)36-27/h1-18,28H,32H2,(H2,33,35,36). The number of hydrogen-bond donors (Lipinski definition) is 2. The van der Waals surface area contributed by atoms with Crippen molar-refractivity contribution in [1.82, 2.24) is 15.0 Å². The van der Waals surface area contributed by atoms with Crippen LogP contribution >= 0.6 is 11.6 Å². The average Bonchev–Trinajstić information content (AvgIpc) is 2.95. The number of hydrogen-bond acceptors (Lipinski definition) is 7. The average molecular weight is 519 g/mol. The highest BCUT2D eigenvalue weighted by molar-refractivity contribution is 6.30. The second kappa shape index (κ2) is 9.97. The van der Waals surface area contributed by atoms with Gasteiger partial charge in [-0.1, -0.05) is 48.0 Å². The lowest BCUT2D eigenvalue weighted by Gasteiger charge is -2.35. The van der Waals surface area contributed by atoms with Crippen molar-refractivity contribution in [2.45, 2.75) is 6.17 Å². The molecule has 1 aliphatic heterocycles. The van der Waals surface area contributed by atoms with Gasteiger partial charge in [0.05, 0.1) is 11.3 Å². The van der Waals surface area contributed by atoms with Gasteiger partial charge in [-0.25, -0.2) is 15.0 Å². The van der Waals surface area contributed by atoms with E-state index in [-0.39, 0.29) is 12.1 Å². The number of ether oxygens (including phenoxy) is 1. The molecule has 8 heteroatoms. The first-order valence-electron chi connectivity index (χ1n) is 12.0. The Bertz CT molecular complexity index is 1640. The number of halogens is 1. The molecule has 0 saturated carbocycles. The van der Waals surface area contributed by atoms with Crippen LogP contribution in [0, 0.1) is 0 Å². The number of nitrogens with two attached hydrogens (primary N) is 2. The first kappa shape index (κ1) is 23.7. The normalized spacial score (nSPS) is 14.5. The molecule has 0 amide bonds. The van der Waals surface area contributed by atoms with E-state index >= 15 is 0 Å². The summed E-state index contributed by atoms with van der Waals surface area (Å²) in [4.78, 5) is 14.7. The van der Waals surface area contributed by atoms with Crippen LogP contribution in [-0.2, 0) is 0 Å². The van der Waals surface area contributed by atoms with Gasteiger partial charge in [0, 0.05) is 34.9 Å². The van der Waals surface area contributed by atoms with Gasteiger partial charge in [0.25, 0.3) is 0 Å². The lowest BCUT2D eigenvalue weighted by Crippen LogP contribution is -2.34. The molecule has 0 radical (unpaired) electrons. The van der Waals surface area contributed by atoms with Crippen LogP contribution in [0.2, 0.25) is 5.02 Å². The minimum Gasteiger partial charge on any atom is -0.438 e. The Labute approximate surface area is 225 Å². The molecule has 1 aliphatic rings. The number of fused-ring (bicyclic) bond motifs is 1. The van der Waals surface area contributed by atoms with Crippen molar-refractivity contribution in [1.29, 1.82) is 0 Å². The van der Waals surface area contributed by atoms with Gasteiger partial charge in [-0.05, 0) is 71.3 Å². The van der Waals surface area contributed by atoms with E-state index in [0.717, 1.165) is 33.5 Å². The van der Waals surface area contributed by atoms with Crippen molar-refractivity contribution < 1.29 is 4.74 Å². The smallest absolute Gasteiger partial charge is 0.228 e. The van der Waals surface area contributed by atoms with Gasteiger partial charge in [-0.2, -0.15) is 0 Å². The number of benzene rings is 3. The third kappa shape index (κ3) is 4.56. The van der Waals surface area contributed by atoms with Crippen LogP contribution in [0.3, 0.4) is 0 Å². The van der Waals surface area contributed by atoms with E-state index in [4.69, 9.17) is 27.8 Å². The molecule has 4 N–H and O–H groups in total. The fourth-order valence-corrected chi connectivity index (χ4v) is 4.65. The van der Waals surface area contributed by atoms with Gasteiger partial charge >= 0.3 is 0 Å². The van der Waals surface area contributed by atoms with Gasteiger partial charge in [0.2, 0.25) is 11.8 Å². The molecule has 0 spiro atoms. The zero-order valence-corrected chi connectivity index (χ0v) is 21.0. The largest absolute Gasteiger partial charge is 0.438 e. The first-order chi connectivity index (χ1) is 18.6. The molecule has 38 heavy (non-hydrogen) atoms. The molecule has 7 nitrogen and oxygen atoms in total. The quantitative estimate of drug-likeness (QED) is 0.276. The minimum absolute atomic E-state index is 0.187. The number of aromatic nitrogens is 3.